The van der Waals surface area contributed by atoms with Crippen molar-refractivity contribution in [3.05, 3.63) is 20.8 Å². The van der Waals surface area contributed by atoms with Gasteiger partial charge >= 0.3 is 0 Å². The molecule has 1 amide bonds. The molecule has 1 rings (SSSR count). The van der Waals surface area contributed by atoms with Crippen LogP contribution in [0.15, 0.2) is 15.2 Å². The molecule has 0 radical (unpaired) electrons. The summed E-state index contributed by atoms with van der Waals surface area (Å²) in [6, 6.07) is 1.81. The Morgan fingerprint density at radius 1 is 1.85 bits per heavy atom. The number of thiophene rings is 1. The molecule has 3 nitrogen and oxygen atoms in total. The smallest absolute Gasteiger partial charge is 0.252 e. The van der Waals surface area contributed by atoms with Crippen molar-refractivity contribution in [2.75, 3.05) is 6.54 Å². The molecule has 13 heavy (non-hydrogen) atoms. The van der Waals surface area contributed by atoms with Gasteiger partial charge in [0.1, 0.15) is 0 Å². The Morgan fingerprint density at radius 3 is 3.00 bits per heavy atom. The van der Waals surface area contributed by atoms with Gasteiger partial charge in [-0.2, -0.15) is 0 Å². The van der Waals surface area contributed by atoms with Gasteiger partial charge in [-0.25, -0.2) is 0 Å². The molecule has 0 spiro atoms. The van der Waals surface area contributed by atoms with E-state index in [0.29, 0.717) is 12.1 Å². The maximum atomic E-state index is 11.4. The average molecular weight is 263 g/mol. The van der Waals surface area contributed by atoms with Crippen LogP contribution in [-0.4, -0.2) is 18.5 Å². The molecule has 0 bridgehead atoms. The highest BCUT2D eigenvalue weighted by molar-refractivity contribution is 9.11. The number of carbonyl (C=O) groups excluding carboxylic acids is 1. The summed E-state index contributed by atoms with van der Waals surface area (Å²) in [7, 11) is 0. The minimum absolute atomic E-state index is 0.0196. The minimum Gasteiger partial charge on any atom is -0.348 e. The largest absolute Gasteiger partial charge is 0.348 e. The number of carbonyl (C=O) groups is 1. The Kier molecular flexibility index (Phi) is 3.90. The van der Waals surface area contributed by atoms with Crippen LogP contribution >= 0.6 is 27.3 Å². The van der Waals surface area contributed by atoms with Gasteiger partial charge in [-0.05, 0) is 28.9 Å². The molecule has 0 aliphatic heterocycles. The summed E-state index contributed by atoms with van der Waals surface area (Å²) in [6.07, 6.45) is 0. The van der Waals surface area contributed by atoms with E-state index in [1.807, 2.05) is 12.3 Å². The van der Waals surface area contributed by atoms with Crippen LogP contribution in [0.4, 0.5) is 0 Å². The molecule has 0 fully saturated rings. The fraction of sp³-hybridized carbons (Fsp3) is 0.375. The van der Waals surface area contributed by atoms with E-state index in [1.165, 1.54) is 11.3 Å². The van der Waals surface area contributed by atoms with Gasteiger partial charge in [0.15, 0.2) is 0 Å². The topological polar surface area (TPSA) is 55.1 Å². The number of rotatable bonds is 3. The normalized spacial score (nSPS) is 12.5. The zero-order chi connectivity index (χ0) is 9.84. The first-order valence-electron chi connectivity index (χ1n) is 3.88. The summed E-state index contributed by atoms with van der Waals surface area (Å²) in [4.78, 5) is 11.4. The molecular formula is C8H11BrN2OS. The van der Waals surface area contributed by atoms with Crippen LogP contribution in [0.1, 0.15) is 17.3 Å². The lowest BCUT2D eigenvalue weighted by atomic mass is 10.3. The van der Waals surface area contributed by atoms with E-state index >= 15 is 0 Å². The third kappa shape index (κ3) is 3.10. The molecule has 3 N–H and O–H groups in total. The minimum atomic E-state index is -0.0695. The van der Waals surface area contributed by atoms with E-state index in [1.54, 1.807) is 6.07 Å². The lowest BCUT2D eigenvalue weighted by Crippen LogP contribution is -2.37. The Labute approximate surface area is 89.5 Å². The summed E-state index contributed by atoms with van der Waals surface area (Å²) < 4.78 is 0.957. The number of nitrogens with one attached hydrogen (secondary N) is 1. The number of nitrogens with two attached hydrogens (primary N) is 1. The Balaban J connectivity index is 2.58. The second-order valence-electron chi connectivity index (χ2n) is 2.75. The zero-order valence-corrected chi connectivity index (χ0v) is 9.61. The fourth-order valence-corrected chi connectivity index (χ4v) is 1.93. The number of hydrogen-bond donors (Lipinski definition) is 2. The second kappa shape index (κ2) is 4.74. The van der Waals surface area contributed by atoms with Crippen LogP contribution in [0, 0.1) is 0 Å². The zero-order valence-electron chi connectivity index (χ0n) is 7.21. The van der Waals surface area contributed by atoms with E-state index in [-0.39, 0.29) is 11.9 Å². The predicted molar refractivity (Wildman–Crippen MR) is 58.0 cm³/mol. The molecule has 1 aromatic heterocycles. The van der Waals surface area contributed by atoms with E-state index in [4.69, 9.17) is 5.73 Å². The lowest BCUT2D eigenvalue weighted by molar-refractivity contribution is 0.0941. The standard InChI is InChI=1S/C8H11BrN2OS/c1-5(3-10)11-8(12)6-2-7(9)13-4-6/h2,4-5H,3,10H2,1H3,(H,11,12)/t5-/m0/s1. The fourth-order valence-electron chi connectivity index (χ4n) is 0.795. The van der Waals surface area contributed by atoms with Gasteiger partial charge in [-0.3, -0.25) is 4.79 Å². The molecule has 0 aliphatic rings. The van der Waals surface area contributed by atoms with Crippen LogP contribution in [0.5, 0.6) is 0 Å². The number of halogens is 1. The molecule has 1 heterocycles. The molecule has 0 unspecified atom stereocenters. The molecule has 1 aromatic rings. The van der Waals surface area contributed by atoms with Crippen molar-refractivity contribution >= 4 is 33.2 Å². The molecule has 0 aromatic carbocycles. The SMILES string of the molecule is C[C@@H](CN)NC(=O)c1csc(Br)c1. The quantitative estimate of drug-likeness (QED) is 0.870. The van der Waals surface area contributed by atoms with Crippen molar-refractivity contribution in [1.29, 1.82) is 0 Å². The summed E-state index contributed by atoms with van der Waals surface area (Å²) in [5.41, 5.74) is 6.06. The molecule has 0 saturated carbocycles. The Bertz CT molecular complexity index is 300. The maximum absolute atomic E-state index is 11.4. The highest BCUT2D eigenvalue weighted by Gasteiger charge is 2.09. The molecule has 5 heteroatoms. The first-order valence-corrected chi connectivity index (χ1v) is 5.55. The third-order valence-corrected chi connectivity index (χ3v) is 3.07. The first kappa shape index (κ1) is 10.7. The molecule has 1 atom stereocenters. The van der Waals surface area contributed by atoms with Gasteiger partial charge in [-0.1, -0.05) is 0 Å². The molecular weight excluding hydrogens is 252 g/mol. The average Bonchev–Trinajstić information content (AvgIpc) is 2.51. The van der Waals surface area contributed by atoms with E-state index in [2.05, 4.69) is 21.2 Å². The van der Waals surface area contributed by atoms with Gasteiger partial charge in [0.05, 0.1) is 9.35 Å². The van der Waals surface area contributed by atoms with Crippen molar-refractivity contribution in [2.45, 2.75) is 13.0 Å². The second-order valence-corrected chi connectivity index (χ2v) is 5.04. The van der Waals surface area contributed by atoms with E-state index in [9.17, 15) is 4.79 Å². The molecule has 0 saturated heterocycles. The van der Waals surface area contributed by atoms with Gasteiger partial charge in [0.25, 0.3) is 5.91 Å². The number of hydrogen-bond acceptors (Lipinski definition) is 3. The summed E-state index contributed by atoms with van der Waals surface area (Å²) in [5.74, 6) is -0.0695. The van der Waals surface area contributed by atoms with Crippen molar-refractivity contribution < 1.29 is 4.79 Å². The summed E-state index contributed by atoms with van der Waals surface area (Å²) in [6.45, 7) is 2.33. The predicted octanol–water partition coefficient (Wildman–Crippen LogP) is 1.59. The summed E-state index contributed by atoms with van der Waals surface area (Å²) >= 11 is 4.79. The van der Waals surface area contributed by atoms with Crippen molar-refractivity contribution in [1.82, 2.24) is 5.32 Å². The van der Waals surface area contributed by atoms with Gasteiger partial charge in [0, 0.05) is 18.0 Å². The number of amides is 1. The van der Waals surface area contributed by atoms with Crippen LogP contribution in [0.2, 0.25) is 0 Å². The highest BCUT2D eigenvalue weighted by atomic mass is 79.9. The van der Waals surface area contributed by atoms with Crippen molar-refractivity contribution in [3.63, 3.8) is 0 Å². The highest BCUT2D eigenvalue weighted by Crippen LogP contribution is 2.20. The molecule has 0 aliphatic carbocycles. The lowest BCUT2D eigenvalue weighted by Gasteiger charge is -2.09. The van der Waals surface area contributed by atoms with Gasteiger partial charge in [-0.15, -0.1) is 11.3 Å². The Morgan fingerprint density at radius 2 is 2.54 bits per heavy atom. The van der Waals surface area contributed by atoms with Gasteiger partial charge < -0.3 is 11.1 Å². The third-order valence-electron chi connectivity index (χ3n) is 1.56. The van der Waals surface area contributed by atoms with Crippen molar-refractivity contribution in [2.24, 2.45) is 5.73 Å². The summed E-state index contributed by atoms with van der Waals surface area (Å²) in [5, 5.41) is 4.59. The van der Waals surface area contributed by atoms with Crippen LogP contribution < -0.4 is 11.1 Å². The van der Waals surface area contributed by atoms with E-state index < -0.39 is 0 Å². The van der Waals surface area contributed by atoms with Crippen LogP contribution in [-0.2, 0) is 0 Å². The molecule has 72 valence electrons. The maximum Gasteiger partial charge on any atom is 0.252 e. The Hall–Kier alpha value is -0.390. The monoisotopic (exact) mass is 262 g/mol. The van der Waals surface area contributed by atoms with Crippen LogP contribution in [0.25, 0.3) is 0 Å². The van der Waals surface area contributed by atoms with Gasteiger partial charge in [0.2, 0.25) is 0 Å². The van der Waals surface area contributed by atoms with Crippen molar-refractivity contribution in [3.8, 4) is 0 Å². The van der Waals surface area contributed by atoms with Crippen LogP contribution in [0.3, 0.4) is 0 Å². The van der Waals surface area contributed by atoms with E-state index in [0.717, 1.165) is 3.79 Å². The first-order chi connectivity index (χ1) is 6.13.